The van der Waals surface area contributed by atoms with Crippen molar-refractivity contribution in [3.63, 3.8) is 0 Å². The van der Waals surface area contributed by atoms with E-state index in [0.717, 1.165) is 0 Å². The topological polar surface area (TPSA) is 60.2 Å². The minimum Gasteiger partial charge on any atom is -0.300 e. The Bertz CT molecular complexity index is 390. The molecule has 74 valence electrons. The molecule has 0 saturated carbocycles. The molecule has 1 aromatic carbocycles. The molecule has 0 radical (unpaired) electrons. The van der Waals surface area contributed by atoms with Crippen molar-refractivity contribution in [2.24, 2.45) is 0 Å². The van der Waals surface area contributed by atoms with Gasteiger partial charge in [-0.05, 0) is 41.1 Å². The molecule has 0 N–H and O–H groups in total. The highest BCUT2D eigenvalue weighted by molar-refractivity contribution is 14.1. The minimum absolute atomic E-state index is 0.000469. The van der Waals surface area contributed by atoms with Crippen molar-refractivity contribution in [3.05, 3.63) is 37.4 Å². The van der Waals surface area contributed by atoms with E-state index in [-0.39, 0.29) is 17.9 Å². The van der Waals surface area contributed by atoms with Crippen LogP contribution < -0.4 is 0 Å². The van der Waals surface area contributed by atoms with Gasteiger partial charge in [0, 0.05) is 12.5 Å². The number of hydrogen-bond donors (Lipinski definition) is 0. The number of carbonyl (C=O) groups is 1. The quantitative estimate of drug-likeness (QED) is 0.489. The number of hydrogen-bond acceptors (Lipinski definition) is 3. The summed E-state index contributed by atoms with van der Waals surface area (Å²) < 4.78 is 0.583. The molecule has 0 saturated heterocycles. The lowest BCUT2D eigenvalue weighted by Gasteiger charge is -1.99. The first kappa shape index (κ1) is 11.1. The van der Waals surface area contributed by atoms with Crippen LogP contribution in [0.2, 0.25) is 0 Å². The van der Waals surface area contributed by atoms with Gasteiger partial charge >= 0.3 is 0 Å². The van der Waals surface area contributed by atoms with E-state index in [2.05, 4.69) is 0 Å². The number of nitrogens with zero attached hydrogens (tertiary/aromatic N) is 1. The molecular weight excluding hydrogens is 297 g/mol. The first-order valence-corrected chi connectivity index (χ1v) is 5.01. The maximum absolute atomic E-state index is 10.8. The summed E-state index contributed by atoms with van der Waals surface area (Å²) in [7, 11) is 0. The highest BCUT2D eigenvalue weighted by atomic mass is 127. The molecule has 4 nitrogen and oxygen atoms in total. The smallest absolute Gasteiger partial charge is 0.282 e. The maximum Gasteiger partial charge on any atom is 0.282 e. The number of rotatable bonds is 3. The summed E-state index contributed by atoms with van der Waals surface area (Å²) in [6.07, 6.45) is 0.248. The molecule has 14 heavy (non-hydrogen) atoms. The van der Waals surface area contributed by atoms with Crippen LogP contribution in [0.1, 0.15) is 12.5 Å². The lowest BCUT2D eigenvalue weighted by atomic mass is 10.1. The minimum atomic E-state index is -0.439. The summed E-state index contributed by atoms with van der Waals surface area (Å²) >= 11 is 1.90. The second kappa shape index (κ2) is 4.50. The predicted molar refractivity (Wildman–Crippen MR) is 60.2 cm³/mol. The van der Waals surface area contributed by atoms with Gasteiger partial charge < -0.3 is 0 Å². The molecule has 0 aliphatic heterocycles. The van der Waals surface area contributed by atoms with Crippen LogP contribution in [-0.4, -0.2) is 10.7 Å². The molecule has 0 aromatic heterocycles. The number of nitro benzene ring substituents is 1. The van der Waals surface area contributed by atoms with Crippen LogP contribution in [0.25, 0.3) is 0 Å². The number of nitro groups is 1. The van der Waals surface area contributed by atoms with Gasteiger partial charge in [-0.1, -0.05) is 6.07 Å². The summed E-state index contributed by atoms with van der Waals surface area (Å²) in [4.78, 5) is 20.9. The molecular formula is C9H8INO3. The summed E-state index contributed by atoms with van der Waals surface area (Å²) in [6, 6.07) is 4.83. The van der Waals surface area contributed by atoms with Gasteiger partial charge in [0.2, 0.25) is 0 Å². The lowest BCUT2D eigenvalue weighted by molar-refractivity contribution is -0.385. The van der Waals surface area contributed by atoms with Crippen LogP contribution in [0.4, 0.5) is 5.69 Å². The number of carbonyl (C=O) groups excluding carboxylic acids is 1. The third kappa shape index (κ3) is 2.76. The fourth-order valence-electron chi connectivity index (χ4n) is 1.10. The highest BCUT2D eigenvalue weighted by Crippen LogP contribution is 2.22. The molecule has 0 spiro atoms. The van der Waals surface area contributed by atoms with Gasteiger partial charge in [0.25, 0.3) is 5.69 Å². The molecule has 5 heteroatoms. The fraction of sp³-hybridized carbons (Fsp3) is 0.222. The summed E-state index contributed by atoms with van der Waals surface area (Å²) in [5.74, 6) is 0.000469. The third-order valence-electron chi connectivity index (χ3n) is 1.66. The Hall–Kier alpha value is -0.980. The van der Waals surface area contributed by atoms with E-state index in [0.29, 0.717) is 9.13 Å². The molecule has 0 fully saturated rings. The van der Waals surface area contributed by atoms with Crippen molar-refractivity contribution in [3.8, 4) is 0 Å². The predicted octanol–water partition coefficient (Wildman–Crippen LogP) is 2.33. The summed E-state index contributed by atoms with van der Waals surface area (Å²) in [6.45, 7) is 1.46. The van der Waals surface area contributed by atoms with Crippen LogP contribution in [0.5, 0.6) is 0 Å². The Balaban J connectivity index is 3.06. The summed E-state index contributed by atoms with van der Waals surface area (Å²) in [5, 5.41) is 10.6. The van der Waals surface area contributed by atoms with Crippen molar-refractivity contribution >= 4 is 34.1 Å². The van der Waals surface area contributed by atoms with Gasteiger partial charge in [0.1, 0.15) is 5.78 Å². The molecule has 0 bridgehead atoms. The number of halogens is 1. The zero-order valence-corrected chi connectivity index (χ0v) is 9.65. The molecule has 1 rings (SSSR count). The monoisotopic (exact) mass is 305 g/mol. The number of Topliss-reactive ketones (excluding diaryl/α,β-unsaturated/α-hetero) is 1. The van der Waals surface area contributed by atoms with Gasteiger partial charge in [-0.3, -0.25) is 14.9 Å². The van der Waals surface area contributed by atoms with Crippen LogP contribution in [0, 0.1) is 13.7 Å². The molecule has 0 heterocycles. The largest absolute Gasteiger partial charge is 0.300 e. The highest BCUT2D eigenvalue weighted by Gasteiger charge is 2.12. The van der Waals surface area contributed by atoms with Crippen molar-refractivity contribution in [1.82, 2.24) is 0 Å². The Morgan fingerprint density at radius 2 is 2.21 bits per heavy atom. The van der Waals surface area contributed by atoms with E-state index in [4.69, 9.17) is 0 Å². The van der Waals surface area contributed by atoms with E-state index in [1.807, 2.05) is 22.6 Å². The first-order valence-electron chi connectivity index (χ1n) is 3.93. The van der Waals surface area contributed by atoms with Crippen molar-refractivity contribution in [2.45, 2.75) is 13.3 Å². The van der Waals surface area contributed by atoms with Crippen molar-refractivity contribution in [1.29, 1.82) is 0 Å². The van der Waals surface area contributed by atoms with E-state index in [9.17, 15) is 14.9 Å². The molecule has 0 unspecified atom stereocenters. The third-order valence-corrected chi connectivity index (χ3v) is 2.57. The number of ketones is 1. The zero-order chi connectivity index (χ0) is 10.7. The van der Waals surface area contributed by atoms with Crippen molar-refractivity contribution < 1.29 is 9.72 Å². The first-order chi connectivity index (χ1) is 6.50. The molecule has 0 atom stereocenters. The van der Waals surface area contributed by atoms with Gasteiger partial charge in [-0.15, -0.1) is 0 Å². The SMILES string of the molecule is CC(=O)Cc1ccc(I)c([N+](=O)[O-])c1. The van der Waals surface area contributed by atoms with Gasteiger partial charge in [0.15, 0.2) is 0 Å². The Morgan fingerprint density at radius 1 is 1.57 bits per heavy atom. The average Bonchev–Trinajstić information content (AvgIpc) is 2.07. The zero-order valence-electron chi connectivity index (χ0n) is 7.49. The Labute approximate surface area is 94.6 Å². The van der Waals surface area contributed by atoms with E-state index < -0.39 is 4.92 Å². The molecule has 0 aliphatic rings. The molecule has 0 aliphatic carbocycles. The second-order valence-electron chi connectivity index (χ2n) is 2.92. The van der Waals surface area contributed by atoms with Gasteiger partial charge in [-0.2, -0.15) is 0 Å². The van der Waals surface area contributed by atoms with E-state index >= 15 is 0 Å². The Morgan fingerprint density at radius 3 is 2.71 bits per heavy atom. The van der Waals surface area contributed by atoms with E-state index in [1.165, 1.54) is 13.0 Å². The Kier molecular flexibility index (Phi) is 3.56. The summed E-state index contributed by atoms with van der Waals surface area (Å²) in [5.41, 5.74) is 0.744. The van der Waals surface area contributed by atoms with Crippen LogP contribution in [0.3, 0.4) is 0 Å². The lowest BCUT2D eigenvalue weighted by Crippen LogP contribution is -1.98. The van der Waals surface area contributed by atoms with Crippen molar-refractivity contribution in [2.75, 3.05) is 0 Å². The van der Waals surface area contributed by atoms with Gasteiger partial charge in [-0.25, -0.2) is 0 Å². The normalized spacial score (nSPS) is 9.86. The van der Waals surface area contributed by atoms with E-state index in [1.54, 1.807) is 12.1 Å². The maximum atomic E-state index is 10.8. The van der Waals surface area contributed by atoms with Crippen LogP contribution in [-0.2, 0) is 11.2 Å². The van der Waals surface area contributed by atoms with Gasteiger partial charge in [0.05, 0.1) is 8.49 Å². The number of benzene rings is 1. The standard InChI is InChI=1S/C9H8INO3/c1-6(12)4-7-2-3-8(10)9(5-7)11(13)14/h2-3,5H,4H2,1H3. The fourth-order valence-corrected chi connectivity index (χ4v) is 1.63. The average molecular weight is 305 g/mol. The molecule has 0 amide bonds. The second-order valence-corrected chi connectivity index (χ2v) is 4.08. The van der Waals surface area contributed by atoms with Crippen LogP contribution in [0.15, 0.2) is 18.2 Å². The molecule has 1 aromatic rings. The van der Waals surface area contributed by atoms with Crippen LogP contribution >= 0.6 is 22.6 Å².